The van der Waals surface area contributed by atoms with E-state index in [2.05, 4.69) is 10.3 Å². The van der Waals surface area contributed by atoms with E-state index in [-0.39, 0.29) is 30.0 Å². The van der Waals surface area contributed by atoms with Gasteiger partial charge in [0.15, 0.2) is 0 Å². The Hall–Kier alpha value is -3.65. The average Bonchev–Trinajstić information content (AvgIpc) is 3.55. The number of nitrogens with one attached hydrogen (secondary N) is 2. The molecule has 3 aliphatic rings. The van der Waals surface area contributed by atoms with E-state index in [1.165, 1.54) is 4.90 Å². The van der Waals surface area contributed by atoms with Crippen molar-refractivity contribution in [2.24, 2.45) is 11.8 Å². The van der Waals surface area contributed by atoms with Gasteiger partial charge in [-0.25, -0.2) is 0 Å². The Balaban J connectivity index is 1.50. The molecule has 4 N–H and O–H groups in total. The number of carboxylic acids is 1. The second-order valence-electron chi connectivity index (χ2n) is 11.3. The molecule has 1 saturated carbocycles. The summed E-state index contributed by atoms with van der Waals surface area (Å²) in [5.41, 5.74) is 1.99. The van der Waals surface area contributed by atoms with Gasteiger partial charge in [-0.05, 0) is 55.0 Å². The SMILES string of the molecule is Cc1cc(C2NC(Cc3c[nH]c4ccccc34)(C(=O)O)C3C(=O)N(C4CCCCC4)C(=O)C23)cc(C)c1O. The number of aryl methyl sites for hydroxylation is 2. The fourth-order valence-corrected chi connectivity index (χ4v) is 7.19. The molecule has 4 atom stereocenters. The lowest BCUT2D eigenvalue weighted by molar-refractivity contribution is -0.152. The predicted molar refractivity (Wildman–Crippen MR) is 142 cm³/mol. The van der Waals surface area contributed by atoms with E-state index < -0.39 is 29.4 Å². The normalized spacial score (nSPS) is 27.8. The van der Waals surface area contributed by atoms with Crippen molar-refractivity contribution in [3.8, 4) is 5.75 Å². The molecule has 0 radical (unpaired) electrons. The Labute approximate surface area is 221 Å². The first-order valence-electron chi connectivity index (χ1n) is 13.5. The highest BCUT2D eigenvalue weighted by atomic mass is 16.4. The zero-order valence-corrected chi connectivity index (χ0v) is 21.7. The number of aliphatic carboxylic acids is 1. The van der Waals surface area contributed by atoms with E-state index in [4.69, 9.17) is 0 Å². The number of benzene rings is 2. The predicted octanol–water partition coefficient (Wildman–Crippen LogP) is 4.13. The molecule has 0 spiro atoms. The molecule has 3 fully saturated rings. The van der Waals surface area contributed by atoms with Gasteiger partial charge in [0.25, 0.3) is 0 Å². The lowest BCUT2D eigenvalue weighted by Gasteiger charge is -2.34. The number of hydrogen-bond acceptors (Lipinski definition) is 5. The number of H-pyrrole nitrogens is 1. The number of hydrogen-bond donors (Lipinski definition) is 4. The maximum atomic E-state index is 14.1. The molecule has 4 unspecified atom stereocenters. The molecule has 2 aliphatic heterocycles. The molecule has 2 aromatic carbocycles. The number of phenols is 1. The number of fused-ring (bicyclic) bond motifs is 2. The van der Waals surface area contributed by atoms with Crippen LogP contribution in [-0.2, 0) is 20.8 Å². The highest BCUT2D eigenvalue weighted by Gasteiger charge is 2.69. The number of aromatic hydroxyl groups is 1. The molecule has 0 bridgehead atoms. The quantitative estimate of drug-likeness (QED) is 0.379. The molecular weight excluding hydrogens is 482 g/mol. The lowest BCUT2D eigenvalue weighted by atomic mass is 9.76. The molecule has 1 aliphatic carbocycles. The molecule has 6 rings (SSSR count). The number of para-hydroxylation sites is 1. The van der Waals surface area contributed by atoms with Gasteiger partial charge in [-0.15, -0.1) is 0 Å². The van der Waals surface area contributed by atoms with Crippen LogP contribution in [-0.4, -0.2) is 49.5 Å². The van der Waals surface area contributed by atoms with Crippen LogP contribution >= 0.6 is 0 Å². The minimum atomic E-state index is -1.67. The standard InChI is InChI=1S/C30H33N3O5/c1-16-12-18(13-17(2)26(16)34)25-23-24(28(36)33(27(23)35)20-8-4-3-5-9-20)30(32-25,29(37)38)14-19-15-31-22-11-7-6-10-21(19)22/h6-7,10-13,15,20,23-25,31-32,34H,3-5,8-9,14H2,1-2H3,(H,37,38). The van der Waals surface area contributed by atoms with Crippen LogP contribution in [0.25, 0.3) is 10.9 Å². The first-order chi connectivity index (χ1) is 18.2. The molecule has 3 aromatic rings. The Kier molecular flexibility index (Phi) is 5.83. The molecule has 8 heteroatoms. The number of rotatable bonds is 5. The largest absolute Gasteiger partial charge is 0.507 e. The first-order valence-corrected chi connectivity index (χ1v) is 13.5. The zero-order valence-electron chi connectivity index (χ0n) is 21.7. The van der Waals surface area contributed by atoms with Gasteiger partial charge in [0, 0.05) is 35.6 Å². The zero-order chi connectivity index (χ0) is 26.8. The average molecular weight is 516 g/mol. The van der Waals surface area contributed by atoms with E-state index in [0.29, 0.717) is 16.7 Å². The van der Waals surface area contributed by atoms with Gasteiger partial charge in [-0.2, -0.15) is 0 Å². The second kappa shape index (κ2) is 8.98. The number of aromatic nitrogens is 1. The third-order valence-electron chi connectivity index (χ3n) is 9.03. The minimum Gasteiger partial charge on any atom is -0.507 e. The smallest absolute Gasteiger partial charge is 0.325 e. The summed E-state index contributed by atoms with van der Waals surface area (Å²) < 4.78 is 0. The minimum absolute atomic E-state index is 0.0532. The number of amides is 2. The highest BCUT2D eigenvalue weighted by molar-refractivity contribution is 6.10. The maximum Gasteiger partial charge on any atom is 0.325 e. The molecule has 1 aromatic heterocycles. The van der Waals surface area contributed by atoms with Gasteiger partial charge >= 0.3 is 5.97 Å². The van der Waals surface area contributed by atoms with Crippen LogP contribution in [0.15, 0.2) is 42.6 Å². The van der Waals surface area contributed by atoms with Crippen molar-refractivity contribution in [1.82, 2.24) is 15.2 Å². The third kappa shape index (κ3) is 3.57. The number of aromatic amines is 1. The number of carboxylic acid groups (broad SMARTS) is 1. The van der Waals surface area contributed by atoms with Gasteiger partial charge in [-0.1, -0.05) is 49.6 Å². The van der Waals surface area contributed by atoms with Gasteiger partial charge in [0.1, 0.15) is 11.3 Å². The molecule has 198 valence electrons. The number of carbonyl (C=O) groups excluding carboxylic acids is 2. The summed E-state index contributed by atoms with van der Waals surface area (Å²) in [6.07, 6.45) is 6.36. The Morgan fingerprint density at radius 3 is 2.42 bits per heavy atom. The summed E-state index contributed by atoms with van der Waals surface area (Å²) in [4.78, 5) is 46.0. The number of carbonyl (C=O) groups is 3. The summed E-state index contributed by atoms with van der Waals surface area (Å²) >= 11 is 0. The topological polar surface area (TPSA) is 123 Å². The van der Waals surface area contributed by atoms with Crippen molar-refractivity contribution in [3.63, 3.8) is 0 Å². The lowest BCUT2D eigenvalue weighted by Crippen LogP contribution is -2.58. The van der Waals surface area contributed by atoms with E-state index in [1.807, 2.05) is 24.3 Å². The molecular formula is C30H33N3O5. The Morgan fingerprint density at radius 1 is 1.05 bits per heavy atom. The third-order valence-corrected chi connectivity index (χ3v) is 9.03. The molecule has 8 nitrogen and oxygen atoms in total. The highest BCUT2D eigenvalue weighted by Crippen LogP contribution is 2.52. The molecule has 3 heterocycles. The number of likely N-dealkylation sites (tertiary alicyclic amines) is 1. The van der Waals surface area contributed by atoms with Crippen molar-refractivity contribution in [1.29, 1.82) is 0 Å². The van der Waals surface area contributed by atoms with Gasteiger partial charge in [0.2, 0.25) is 11.8 Å². The van der Waals surface area contributed by atoms with Crippen molar-refractivity contribution in [2.45, 2.75) is 70.0 Å². The fraction of sp³-hybridized carbons (Fsp3) is 0.433. The van der Waals surface area contributed by atoms with Crippen LogP contribution in [0.3, 0.4) is 0 Å². The van der Waals surface area contributed by atoms with Crippen LogP contribution in [0, 0.1) is 25.7 Å². The van der Waals surface area contributed by atoms with Crippen molar-refractivity contribution in [3.05, 3.63) is 64.8 Å². The van der Waals surface area contributed by atoms with E-state index >= 15 is 0 Å². The summed E-state index contributed by atoms with van der Waals surface area (Å²) in [6.45, 7) is 3.56. The Bertz CT molecular complexity index is 1430. The molecule has 38 heavy (non-hydrogen) atoms. The summed E-state index contributed by atoms with van der Waals surface area (Å²) in [7, 11) is 0. The molecule has 2 amide bonds. The van der Waals surface area contributed by atoms with Gasteiger partial charge in [0.05, 0.1) is 11.8 Å². The fourth-order valence-electron chi connectivity index (χ4n) is 7.19. The van der Waals surface area contributed by atoms with E-state index in [9.17, 15) is 24.6 Å². The van der Waals surface area contributed by atoms with Crippen molar-refractivity contribution < 1.29 is 24.6 Å². The van der Waals surface area contributed by atoms with Crippen LogP contribution in [0.4, 0.5) is 0 Å². The van der Waals surface area contributed by atoms with E-state index in [0.717, 1.165) is 48.6 Å². The summed E-state index contributed by atoms with van der Waals surface area (Å²) in [5, 5.41) is 25.4. The van der Waals surface area contributed by atoms with Crippen LogP contribution < -0.4 is 5.32 Å². The summed E-state index contributed by atoms with van der Waals surface area (Å²) in [6, 6.07) is 10.4. The maximum absolute atomic E-state index is 14.1. The van der Waals surface area contributed by atoms with Crippen molar-refractivity contribution in [2.75, 3.05) is 0 Å². The monoisotopic (exact) mass is 515 g/mol. The summed E-state index contributed by atoms with van der Waals surface area (Å²) in [5.74, 6) is -3.51. The Morgan fingerprint density at radius 2 is 1.74 bits per heavy atom. The first kappa shape index (κ1) is 24.7. The van der Waals surface area contributed by atoms with Gasteiger partial charge < -0.3 is 15.2 Å². The number of nitrogens with zero attached hydrogens (tertiary/aromatic N) is 1. The van der Waals surface area contributed by atoms with Crippen LogP contribution in [0.2, 0.25) is 0 Å². The van der Waals surface area contributed by atoms with Crippen molar-refractivity contribution >= 4 is 28.7 Å². The molecule has 2 saturated heterocycles. The number of phenolic OH excluding ortho intramolecular Hbond substituents is 1. The number of imide groups is 1. The second-order valence-corrected chi connectivity index (χ2v) is 11.3. The van der Waals surface area contributed by atoms with E-state index in [1.54, 1.807) is 32.2 Å². The van der Waals surface area contributed by atoms with Gasteiger partial charge in [-0.3, -0.25) is 24.6 Å². The van der Waals surface area contributed by atoms with Crippen LogP contribution in [0.5, 0.6) is 5.75 Å². The van der Waals surface area contributed by atoms with Crippen LogP contribution in [0.1, 0.15) is 60.4 Å².